The first-order valence-corrected chi connectivity index (χ1v) is 8.69. The Morgan fingerprint density at radius 1 is 1.43 bits per heavy atom. The Morgan fingerprint density at radius 3 is 2.90 bits per heavy atom. The van der Waals surface area contributed by atoms with Crippen molar-refractivity contribution < 1.29 is 4.79 Å². The number of halogens is 2. The van der Waals surface area contributed by atoms with Crippen LogP contribution in [0.25, 0.3) is 0 Å². The average molecular weight is 358 g/mol. The Morgan fingerprint density at radius 2 is 2.24 bits per heavy atom. The summed E-state index contributed by atoms with van der Waals surface area (Å²) >= 11 is 1.94. The molecule has 0 aromatic heterocycles. The second-order valence-electron chi connectivity index (χ2n) is 5.83. The van der Waals surface area contributed by atoms with Gasteiger partial charge in [0, 0.05) is 50.1 Å². The Kier molecular flexibility index (Phi) is 12.0. The minimum absolute atomic E-state index is 0. The molecule has 2 unspecified atom stereocenters. The van der Waals surface area contributed by atoms with Crippen LogP contribution in [0.1, 0.15) is 26.2 Å². The molecule has 7 heteroatoms. The molecule has 1 amide bonds. The maximum Gasteiger partial charge on any atom is 0.221 e. The summed E-state index contributed by atoms with van der Waals surface area (Å²) < 4.78 is 0. The van der Waals surface area contributed by atoms with E-state index in [0.29, 0.717) is 12.5 Å². The van der Waals surface area contributed by atoms with E-state index in [4.69, 9.17) is 0 Å². The molecule has 0 bridgehead atoms. The van der Waals surface area contributed by atoms with Gasteiger partial charge in [-0.25, -0.2) is 0 Å². The van der Waals surface area contributed by atoms with Crippen molar-refractivity contribution >= 4 is 42.5 Å². The number of piperidine rings is 1. The zero-order valence-corrected chi connectivity index (χ0v) is 15.3. The van der Waals surface area contributed by atoms with Gasteiger partial charge < -0.3 is 15.5 Å². The van der Waals surface area contributed by atoms with Crippen LogP contribution in [0.3, 0.4) is 0 Å². The monoisotopic (exact) mass is 357 g/mol. The molecule has 2 aliphatic rings. The van der Waals surface area contributed by atoms with Gasteiger partial charge >= 0.3 is 0 Å². The van der Waals surface area contributed by atoms with Crippen LogP contribution >= 0.6 is 36.6 Å². The summed E-state index contributed by atoms with van der Waals surface area (Å²) in [7, 11) is 0. The Hall–Kier alpha value is 0.320. The second-order valence-corrected chi connectivity index (χ2v) is 6.98. The molecular formula is C14H29Cl2N3OS. The van der Waals surface area contributed by atoms with Crippen molar-refractivity contribution in [1.29, 1.82) is 0 Å². The maximum absolute atomic E-state index is 11.8. The van der Waals surface area contributed by atoms with Gasteiger partial charge in [0.05, 0.1) is 0 Å². The Balaban J connectivity index is 0.00000200. The van der Waals surface area contributed by atoms with Crippen molar-refractivity contribution in [1.82, 2.24) is 15.5 Å². The van der Waals surface area contributed by atoms with Gasteiger partial charge in [-0.15, -0.1) is 24.8 Å². The van der Waals surface area contributed by atoms with Crippen LogP contribution in [0.2, 0.25) is 0 Å². The summed E-state index contributed by atoms with van der Waals surface area (Å²) in [6.45, 7) is 7.54. The van der Waals surface area contributed by atoms with Crippen molar-refractivity contribution in [3.63, 3.8) is 0 Å². The molecule has 0 radical (unpaired) electrons. The van der Waals surface area contributed by atoms with E-state index in [1.54, 1.807) is 0 Å². The largest absolute Gasteiger partial charge is 0.355 e. The summed E-state index contributed by atoms with van der Waals surface area (Å²) in [6, 6.07) is 0.369. The molecule has 0 spiro atoms. The highest BCUT2D eigenvalue weighted by atomic mass is 35.5. The fourth-order valence-electron chi connectivity index (χ4n) is 2.89. The lowest BCUT2D eigenvalue weighted by Gasteiger charge is -2.30. The topological polar surface area (TPSA) is 44.4 Å². The van der Waals surface area contributed by atoms with Crippen molar-refractivity contribution in [2.45, 2.75) is 32.2 Å². The molecule has 4 nitrogen and oxygen atoms in total. The summed E-state index contributed by atoms with van der Waals surface area (Å²) in [4.78, 5) is 14.3. The number of nitrogens with one attached hydrogen (secondary N) is 2. The van der Waals surface area contributed by atoms with Crippen LogP contribution in [-0.4, -0.2) is 61.1 Å². The highest BCUT2D eigenvalue weighted by Gasteiger charge is 2.18. The third-order valence-electron chi connectivity index (χ3n) is 3.92. The van der Waals surface area contributed by atoms with E-state index >= 15 is 0 Å². The predicted octanol–water partition coefficient (Wildman–Crippen LogP) is 1.77. The van der Waals surface area contributed by atoms with E-state index in [9.17, 15) is 4.79 Å². The van der Waals surface area contributed by atoms with E-state index in [0.717, 1.165) is 31.3 Å². The van der Waals surface area contributed by atoms with Gasteiger partial charge in [-0.05, 0) is 25.3 Å². The second kappa shape index (κ2) is 11.8. The van der Waals surface area contributed by atoms with Gasteiger partial charge in [0.2, 0.25) is 5.91 Å². The number of hydrogen-bond donors (Lipinski definition) is 2. The molecule has 2 heterocycles. The van der Waals surface area contributed by atoms with Crippen molar-refractivity contribution in [3.8, 4) is 0 Å². The fraction of sp³-hybridized carbons (Fsp3) is 0.929. The molecule has 0 aliphatic carbocycles. The number of rotatable bonds is 5. The lowest BCUT2D eigenvalue weighted by atomic mass is 10.0. The minimum Gasteiger partial charge on any atom is -0.355 e. The normalized spacial score (nSPS) is 26.3. The zero-order chi connectivity index (χ0) is 13.5. The van der Waals surface area contributed by atoms with E-state index in [1.165, 1.54) is 31.7 Å². The summed E-state index contributed by atoms with van der Waals surface area (Å²) in [5.41, 5.74) is 0. The number of likely N-dealkylation sites (tertiary alicyclic amines) is 1. The van der Waals surface area contributed by atoms with Gasteiger partial charge in [-0.1, -0.05) is 6.92 Å². The first-order chi connectivity index (χ1) is 9.24. The zero-order valence-electron chi connectivity index (χ0n) is 12.8. The molecule has 2 aliphatic heterocycles. The smallest absolute Gasteiger partial charge is 0.221 e. The van der Waals surface area contributed by atoms with Gasteiger partial charge in [0.25, 0.3) is 0 Å². The quantitative estimate of drug-likeness (QED) is 0.786. The van der Waals surface area contributed by atoms with Crippen molar-refractivity contribution in [2.75, 3.05) is 44.2 Å². The minimum atomic E-state index is 0. The maximum atomic E-state index is 11.8. The third kappa shape index (κ3) is 8.50. The molecule has 2 N–H and O–H groups in total. The predicted molar refractivity (Wildman–Crippen MR) is 96.1 cm³/mol. The molecular weight excluding hydrogens is 329 g/mol. The van der Waals surface area contributed by atoms with E-state index in [1.807, 2.05) is 11.8 Å². The number of hydrogen-bond acceptors (Lipinski definition) is 4. The van der Waals surface area contributed by atoms with Crippen LogP contribution in [0.15, 0.2) is 0 Å². The Bertz CT molecular complexity index is 291. The molecule has 2 fully saturated rings. The summed E-state index contributed by atoms with van der Waals surface area (Å²) in [5.74, 6) is 3.25. The van der Waals surface area contributed by atoms with E-state index in [2.05, 4.69) is 22.5 Å². The third-order valence-corrected chi connectivity index (χ3v) is 5.05. The molecule has 126 valence electrons. The molecule has 0 aromatic carbocycles. The molecule has 2 atom stereocenters. The SMILES string of the molecule is CC1CCCN(CCNC(=O)CC2CSCCN2)C1.Cl.Cl. The standard InChI is InChI=1S/C14H27N3OS.2ClH/c1-12-3-2-6-17(10-12)7-4-16-14(18)9-13-11-19-8-5-15-13;;/h12-13,15H,2-11H2,1H3,(H,16,18);2*1H. The fourth-order valence-corrected chi connectivity index (χ4v) is 3.84. The number of amides is 1. The summed E-state index contributed by atoms with van der Waals surface area (Å²) in [5, 5.41) is 6.47. The van der Waals surface area contributed by atoms with Gasteiger partial charge in [0.1, 0.15) is 0 Å². The molecule has 0 saturated carbocycles. The van der Waals surface area contributed by atoms with Crippen molar-refractivity contribution in [3.05, 3.63) is 0 Å². The van der Waals surface area contributed by atoms with Gasteiger partial charge in [-0.3, -0.25) is 4.79 Å². The highest BCUT2D eigenvalue weighted by molar-refractivity contribution is 7.99. The Labute approximate surface area is 145 Å². The van der Waals surface area contributed by atoms with Crippen LogP contribution < -0.4 is 10.6 Å². The number of carbonyl (C=O) groups is 1. The first kappa shape index (κ1) is 21.3. The highest BCUT2D eigenvalue weighted by Crippen LogP contribution is 2.14. The number of thioether (sulfide) groups is 1. The lowest BCUT2D eigenvalue weighted by Crippen LogP contribution is -2.43. The average Bonchev–Trinajstić information content (AvgIpc) is 2.40. The van der Waals surface area contributed by atoms with Crippen LogP contribution in [0, 0.1) is 5.92 Å². The molecule has 21 heavy (non-hydrogen) atoms. The summed E-state index contributed by atoms with van der Waals surface area (Å²) in [6.07, 6.45) is 3.29. The van der Waals surface area contributed by atoms with E-state index < -0.39 is 0 Å². The number of carbonyl (C=O) groups excluding carboxylic acids is 1. The van der Waals surface area contributed by atoms with Crippen LogP contribution in [0.4, 0.5) is 0 Å². The first-order valence-electron chi connectivity index (χ1n) is 7.54. The van der Waals surface area contributed by atoms with Crippen LogP contribution in [-0.2, 0) is 4.79 Å². The van der Waals surface area contributed by atoms with Crippen molar-refractivity contribution in [2.24, 2.45) is 5.92 Å². The molecule has 0 aromatic rings. The van der Waals surface area contributed by atoms with Gasteiger partial charge in [0.15, 0.2) is 0 Å². The molecule has 2 saturated heterocycles. The van der Waals surface area contributed by atoms with E-state index in [-0.39, 0.29) is 30.7 Å². The van der Waals surface area contributed by atoms with Crippen LogP contribution in [0.5, 0.6) is 0 Å². The number of nitrogens with zero attached hydrogens (tertiary/aromatic N) is 1. The molecule has 2 rings (SSSR count). The lowest BCUT2D eigenvalue weighted by molar-refractivity contribution is -0.121. The van der Waals surface area contributed by atoms with Gasteiger partial charge in [-0.2, -0.15) is 11.8 Å².